The fraction of sp³-hybridized carbons (Fsp3) is 0.611. The molecule has 1 aromatic carbocycles. The monoisotopic (exact) mass is 305 g/mol. The molecular weight excluding hydrogens is 278 g/mol. The lowest BCUT2D eigenvalue weighted by atomic mass is 9.90. The van der Waals surface area contributed by atoms with Gasteiger partial charge in [-0.15, -0.1) is 0 Å². The molecule has 0 radical (unpaired) electrons. The van der Waals surface area contributed by atoms with E-state index in [2.05, 4.69) is 19.1 Å². The van der Waals surface area contributed by atoms with E-state index in [9.17, 15) is 4.79 Å². The molecule has 22 heavy (non-hydrogen) atoms. The summed E-state index contributed by atoms with van der Waals surface area (Å²) in [5, 5.41) is 0. The van der Waals surface area contributed by atoms with Crippen molar-refractivity contribution in [3.8, 4) is 11.5 Å². The van der Waals surface area contributed by atoms with Crippen molar-refractivity contribution >= 4 is 5.91 Å². The van der Waals surface area contributed by atoms with Gasteiger partial charge in [-0.2, -0.15) is 0 Å². The van der Waals surface area contributed by atoms with E-state index in [0.717, 1.165) is 50.3 Å². The number of carbonyl (C=O) groups is 1. The third-order valence-corrected chi connectivity index (χ3v) is 4.40. The van der Waals surface area contributed by atoms with Gasteiger partial charge in [0.1, 0.15) is 0 Å². The summed E-state index contributed by atoms with van der Waals surface area (Å²) in [6, 6.07) is 6.14. The van der Waals surface area contributed by atoms with E-state index in [1.54, 1.807) is 14.2 Å². The normalized spacial score (nSPS) is 15.7. The van der Waals surface area contributed by atoms with Gasteiger partial charge in [0.2, 0.25) is 5.91 Å². The molecule has 1 amide bonds. The first-order chi connectivity index (χ1) is 10.7. The van der Waals surface area contributed by atoms with Gasteiger partial charge >= 0.3 is 0 Å². The van der Waals surface area contributed by atoms with Gasteiger partial charge in [-0.25, -0.2) is 0 Å². The zero-order valence-electron chi connectivity index (χ0n) is 13.9. The third kappa shape index (κ3) is 4.15. The zero-order chi connectivity index (χ0) is 15.9. The van der Waals surface area contributed by atoms with Crippen LogP contribution in [0.5, 0.6) is 11.5 Å². The van der Waals surface area contributed by atoms with Gasteiger partial charge in [0.15, 0.2) is 11.5 Å². The van der Waals surface area contributed by atoms with Crippen LogP contribution in [0.4, 0.5) is 0 Å². The van der Waals surface area contributed by atoms with Crippen molar-refractivity contribution in [2.45, 2.75) is 39.0 Å². The maximum atomic E-state index is 11.9. The second-order valence-corrected chi connectivity index (χ2v) is 5.97. The van der Waals surface area contributed by atoms with Gasteiger partial charge in [-0.3, -0.25) is 4.79 Å². The molecule has 1 aliphatic rings. The summed E-state index contributed by atoms with van der Waals surface area (Å²) >= 11 is 0. The van der Waals surface area contributed by atoms with Gasteiger partial charge in [0.25, 0.3) is 0 Å². The summed E-state index contributed by atoms with van der Waals surface area (Å²) in [4.78, 5) is 13.9. The second kappa shape index (κ2) is 8.06. The van der Waals surface area contributed by atoms with E-state index >= 15 is 0 Å². The Balaban J connectivity index is 1.89. The maximum absolute atomic E-state index is 11.9. The van der Waals surface area contributed by atoms with E-state index in [0.29, 0.717) is 18.2 Å². The summed E-state index contributed by atoms with van der Waals surface area (Å²) in [5.41, 5.74) is 1.27. The number of methoxy groups -OCH3 is 2. The molecule has 0 spiro atoms. The van der Waals surface area contributed by atoms with Crippen LogP contribution in [0, 0.1) is 5.92 Å². The molecule has 1 fully saturated rings. The van der Waals surface area contributed by atoms with E-state index in [1.807, 2.05) is 11.0 Å². The number of carbonyl (C=O) groups excluding carboxylic acids is 1. The number of likely N-dealkylation sites (tertiary alicyclic amines) is 1. The standard InChI is InChI=1S/C18H27NO3/c1-4-5-18(20)19-10-8-14(9-11-19)12-15-6-7-16(21-2)17(13-15)22-3/h6-7,13-14H,4-5,8-12H2,1-3H3. The highest BCUT2D eigenvalue weighted by molar-refractivity contribution is 5.76. The van der Waals surface area contributed by atoms with Crippen LogP contribution in [0.1, 0.15) is 38.2 Å². The van der Waals surface area contributed by atoms with E-state index in [1.165, 1.54) is 5.56 Å². The van der Waals surface area contributed by atoms with Crippen LogP contribution in [-0.2, 0) is 11.2 Å². The van der Waals surface area contributed by atoms with Gasteiger partial charge in [-0.1, -0.05) is 13.0 Å². The van der Waals surface area contributed by atoms with Crippen LogP contribution in [-0.4, -0.2) is 38.1 Å². The minimum Gasteiger partial charge on any atom is -0.493 e. The smallest absolute Gasteiger partial charge is 0.222 e. The fourth-order valence-electron chi connectivity index (χ4n) is 3.10. The molecule has 122 valence electrons. The lowest BCUT2D eigenvalue weighted by Crippen LogP contribution is -2.38. The Hall–Kier alpha value is -1.71. The summed E-state index contributed by atoms with van der Waals surface area (Å²) in [6.45, 7) is 3.86. The van der Waals surface area contributed by atoms with Crippen LogP contribution in [0.25, 0.3) is 0 Å². The van der Waals surface area contributed by atoms with Crippen LogP contribution < -0.4 is 9.47 Å². The van der Waals surface area contributed by atoms with Crippen molar-refractivity contribution in [3.63, 3.8) is 0 Å². The van der Waals surface area contributed by atoms with Crippen molar-refractivity contribution in [3.05, 3.63) is 23.8 Å². The van der Waals surface area contributed by atoms with Gasteiger partial charge in [-0.05, 0) is 49.3 Å². The Bertz CT molecular complexity index is 493. The first-order valence-electron chi connectivity index (χ1n) is 8.16. The highest BCUT2D eigenvalue weighted by Gasteiger charge is 2.22. The van der Waals surface area contributed by atoms with Gasteiger partial charge in [0.05, 0.1) is 14.2 Å². The summed E-state index contributed by atoms with van der Waals surface area (Å²) in [6.07, 6.45) is 4.83. The third-order valence-electron chi connectivity index (χ3n) is 4.40. The largest absolute Gasteiger partial charge is 0.493 e. The van der Waals surface area contributed by atoms with Crippen molar-refractivity contribution in [1.82, 2.24) is 4.90 Å². The topological polar surface area (TPSA) is 38.8 Å². The number of piperidine rings is 1. The molecule has 4 nitrogen and oxygen atoms in total. The Morgan fingerprint density at radius 2 is 1.86 bits per heavy atom. The molecule has 0 aromatic heterocycles. The molecule has 4 heteroatoms. The summed E-state index contributed by atoms with van der Waals surface area (Å²) in [5.74, 6) is 2.51. The molecule has 0 atom stereocenters. The van der Waals surface area contributed by atoms with Crippen molar-refractivity contribution in [2.24, 2.45) is 5.92 Å². The van der Waals surface area contributed by atoms with E-state index < -0.39 is 0 Å². The van der Waals surface area contributed by atoms with Gasteiger partial charge < -0.3 is 14.4 Å². The van der Waals surface area contributed by atoms with Crippen molar-refractivity contribution in [1.29, 1.82) is 0 Å². The Morgan fingerprint density at radius 3 is 2.45 bits per heavy atom. The molecule has 1 heterocycles. The SMILES string of the molecule is CCCC(=O)N1CCC(Cc2ccc(OC)c(OC)c2)CC1. The number of rotatable bonds is 6. The highest BCUT2D eigenvalue weighted by Crippen LogP contribution is 2.30. The number of hydrogen-bond acceptors (Lipinski definition) is 3. The average Bonchev–Trinajstić information content (AvgIpc) is 2.55. The predicted octanol–water partition coefficient (Wildman–Crippen LogP) is 3.29. The van der Waals surface area contributed by atoms with Crippen LogP contribution in [0.15, 0.2) is 18.2 Å². The molecule has 1 saturated heterocycles. The number of nitrogens with zero attached hydrogens (tertiary/aromatic N) is 1. The van der Waals surface area contributed by atoms with E-state index in [-0.39, 0.29) is 0 Å². The number of hydrogen-bond donors (Lipinski definition) is 0. The number of ether oxygens (including phenoxy) is 2. The molecule has 0 N–H and O–H groups in total. The van der Waals surface area contributed by atoms with Crippen LogP contribution in [0.3, 0.4) is 0 Å². The molecule has 0 aliphatic carbocycles. The Morgan fingerprint density at radius 1 is 1.18 bits per heavy atom. The van der Waals surface area contributed by atoms with Crippen molar-refractivity contribution in [2.75, 3.05) is 27.3 Å². The zero-order valence-corrected chi connectivity index (χ0v) is 13.9. The van der Waals surface area contributed by atoms with Gasteiger partial charge in [0, 0.05) is 19.5 Å². The first-order valence-corrected chi connectivity index (χ1v) is 8.16. The van der Waals surface area contributed by atoms with Crippen LogP contribution in [0.2, 0.25) is 0 Å². The Kier molecular flexibility index (Phi) is 6.10. The molecule has 0 unspecified atom stereocenters. The first kappa shape index (κ1) is 16.7. The lowest BCUT2D eigenvalue weighted by molar-refractivity contribution is -0.132. The number of benzene rings is 1. The summed E-state index contributed by atoms with van der Waals surface area (Å²) < 4.78 is 10.6. The second-order valence-electron chi connectivity index (χ2n) is 5.97. The maximum Gasteiger partial charge on any atom is 0.222 e. The molecular formula is C18H27NO3. The molecule has 0 saturated carbocycles. The lowest BCUT2D eigenvalue weighted by Gasteiger charge is -2.32. The quantitative estimate of drug-likeness (QED) is 0.809. The molecule has 1 aromatic rings. The fourth-order valence-corrected chi connectivity index (χ4v) is 3.10. The Labute approximate surface area is 133 Å². The van der Waals surface area contributed by atoms with Crippen molar-refractivity contribution < 1.29 is 14.3 Å². The minimum absolute atomic E-state index is 0.312. The molecule has 1 aliphatic heterocycles. The minimum atomic E-state index is 0.312. The van der Waals surface area contributed by atoms with Crippen LogP contribution >= 0.6 is 0 Å². The average molecular weight is 305 g/mol. The van der Waals surface area contributed by atoms with E-state index in [4.69, 9.17) is 9.47 Å². The number of amides is 1. The summed E-state index contributed by atoms with van der Waals surface area (Å²) in [7, 11) is 3.32. The molecule has 2 rings (SSSR count). The predicted molar refractivity (Wildman–Crippen MR) is 87.5 cm³/mol. The molecule has 0 bridgehead atoms. The highest BCUT2D eigenvalue weighted by atomic mass is 16.5.